The van der Waals surface area contributed by atoms with Gasteiger partial charge in [0.25, 0.3) is 5.91 Å². The molecule has 0 aliphatic carbocycles. The molecule has 1 fully saturated rings. The lowest BCUT2D eigenvalue weighted by molar-refractivity contribution is -0.131. The molecule has 1 N–H and O–H groups in total. The maximum Gasteiger partial charge on any atom is 0.251 e. The Kier molecular flexibility index (Phi) is 7.26. The summed E-state index contributed by atoms with van der Waals surface area (Å²) in [7, 11) is -3.82. The van der Waals surface area contributed by atoms with Crippen LogP contribution in [0.2, 0.25) is 10.0 Å². The Morgan fingerprint density at radius 3 is 2.32 bits per heavy atom. The van der Waals surface area contributed by atoms with Crippen molar-refractivity contribution in [1.82, 2.24) is 14.5 Å². The number of aryl methyl sites for hydroxylation is 2. The molecule has 2 amide bonds. The van der Waals surface area contributed by atoms with Crippen molar-refractivity contribution >= 4 is 45.0 Å². The SMILES string of the molecule is Cc1ccc(C(=O)NCC(=O)N2CCN(S(=O)(=O)c3cccc(Cl)c3Cl)CC2)cc1C. The smallest absolute Gasteiger partial charge is 0.251 e. The van der Waals surface area contributed by atoms with Crippen LogP contribution in [0.5, 0.6) is 0 Å². The number of carbonyl (C=O) groups excluding carboxylic acids is 2. The number of hydrogen-bond donors (Lipinski definition) is 1. The average Bonchev–Trinajstić information content (AvgIpc) is 2.75. The molecule has 0 aromatic heterocycles. The molecule has 31 heavy (non-hydrogen) atoms. The van der Waals surface area contributed by atoms with Gasteiger partial charge in [-0.2, -0.15) is 4.31 Å². The molecule has 0 bridgehead atoms. The summed E-state index contributed by atoms with van der Waals surface area (Å²) < 4.78 is 27.0. The Balaban J connectivity index is 1.56. The Morgan fingerprint density at radius 1 is 1.00 bits per heavy atom. The van der Waals surface area contributed by atoms with Gasteiger partial charge in [-0.1, -0.05) is 35.3 Å². The molecule has 2 aromatic carbocycles. The summed E-state index contributed by atoms with van der Waals surface area (Å²) in [6, 6.07) is 9.80. The Bertz CT molecular complexity index is 1110. The minimum atomic E-state index is -3.82. The zero-order valence-electron chi connectivity index (χ0n) is 17.2. The largest absolute Gasteiger partial charge is 0.343 e. The summed E-state index contributed by atoms with van der Waals surface area (Å²) in [4.78, 5) is 26.3. The van der Waals surface area contributed by atoms with Crippen molar-refractivity contribution in [3.05, 3.63) is 63.1 Å². The Morgan fingerprint density at radius 2 is 1.68 bits per heavy atom. The van der Waals surface area contributed by atoms with Crippen LogP contribution in [0.4, 0.5) is 0 Å². The number of rotatable bonds is 5. The van der Waals surface area contributed by atoms with E-state index in [9.17, 15) is 18.0 Å². The fourth-order valence-corrected chi connectivity index (χ4v) is 5.41. The van der Waals surface area contributed by atoms with Crippen LogP contribution in [0, 0.1) is 13.8 Å². The van der Waals surface area contributed by atoms with Gasteiger partial charge >= 0.3 is 0 Å². The molecule has 1 aliphatic heterocycles. The fourth-order valence-electron chi connectivity index (χ4n) is 3.25. The molecule has 10 heteroatoms. The molecule has 7 nitrogen and oxygen atoms in total. The zero-order chi connectivity index (χ0) is 22.8. The highest BCUT2D eigenvalue weighted by Crippen LogP contribution is 2.31. The Hall–Kier alpha value is -2.13. The summed E-state index contributed by atoms with van der Waals surface area (Å²) in [5, 5.41) is 2.78. The third-order valence-electron chi connectivity index (χ3n) is 5.29. The molecule has 1 aliphatic rings. The van der Waals surface area contributed by atoms with E-state index in [1.807, 2.05) is 19.9 Å². The van der Waals surface area contributed by atoms with Gasteiger partial charge in [-0.15, -0.1) is 0 Å². The number of benzene rings is 2. The Labute approximate surface area is 192 Å². The number of amides is 2. The third-order valence-corrected chi connectivity index (χ3v) is 8.17. The molecule has 0 unspecified atom stereocenters. The minimum absolute atomic E-state index is 0.0169. The standard InChI is InChI=1S/C21H23Cl2N3O4S/c1-14-6-7-16(12-15(14)2)21(28)24-13-19(27)25-8-10-26(11-9-25)31(29,30)18-5-3-4-17(22)20(18)23/h3-7,12H,8-11,13H2,1-2H3,(H,24,28). The quantitative estimate of drug-likeness (QED) is 0.707. The lowest BCUT2D eigenvalue weighted by atomic mass is 10.1. The van der Waals surface area contributed by atoms with E-state index < -0.39 is 10.0 Å². The van der Waals surface area contributed by atoms with E-state index in [0.717, 1.165) is 11.1 Å². The van der Waals surface area contributed by atoms with Crippen LogP contribution in [0.3, 0.4) is 0 Å². The maximum atomic E-state index is 12.9. The lowest BCUT2D eigenvalue weighted by Crippen LogP contribution is -2.52. The van der Waals surface area contributed by atoms with Crippen molar-refractivity contribution in [2.45, 2.75) is 18.7 Å². The summed E-state index contributed by atoms with van der Waals surface area (Å²) in [5.74, 6) is -0.594. The lowest BCUT2D eigenvalue weighted by Gasteiger charge is -2.34. The van der Waals surface area contributed by atoms with E-state index in [2.05, 4.69) is 5.32 Å². The molecule has 1 heterocycles. The highest BCUT2D eigenvalue weighted by atomic mass is 35.5. The molecule has 0 spiro atoms. The predicted octanol–water partition coefficient (Wildman–Crippen LogP) is 2.87. The van der Waals surface area contributed by atoms with Gasteiger partial charge < -0.3 is 10.2 Å². The molecular weight excluding hydrogens is 461 g/mol. The highest BCUT2D eigenvalue weighted by Gasteiger charge is 2.32. The third kappa shape index (κ3) is 5.20. The van der Waals surface area contributed by atoms with Gasteiger partial charge in [-0.25, -0.2) is 8.42 Å². The fraction of sp³-hybridized carbons (Fsp3) is 0.333. The van der Waals surface area contributed by atoms with E-state index in [1.165, 1.54) is 27.4 Å². The van der Waals surface area contributed by atoms with E-state index in [0.29, 0.717) is 5.56 Å². The second-order valence-corrected chi connectivity index (χ2v) is 10.0. The summed E-state index contributed by atoms with van der Waals surface area (Å²) in [6.45, 7) is 4.41. The van der Waals surface area contributed by atoms with Crippen molar-refractivity contribution in [3.8, 4) is 0 Å². The molecule has 166 valence electrons. The predicted molar refractivity (Wildman–Crippen MR) is 120 cm³/mol. The molecule has 0 radical (unpaired) electrons. The van der Waals surface area contributed by atoms with Crippen LogP contribution in [0.1, 0.15) is 21.5 Å². The summed E-state index contributed by atoms with van der Waals surface area (Å²) in [5.41, 5.74) is 2.57. The number of nitrogens with zero attached hydrogens (tertiary/aromatic N) is 2. The number of carbonyl (C=O) groups is 2. The van der Waals surface area contributed by atoms with Gasteiger partial charge in [0.15, 0.2) is 0 Å². The van der Waals surface area contributed by atoms with Crippen molar-refractivity contribution in [1.29, 1.82) is 0 Å². The van der Waals surface area contributed by atoms with Crippen LogP contribution >= 0.6 is 23.2 Å². The molecule has 3 rings (SSSR count). The summed E-state index contributed by atoms with van der Waals surface area (Å²) in [6.07, 6.45) is 0. The van der Waals surface area contributed by atoms with Crippen LogP contribution in [0.25, 0.3) is 0 Å². The second kappa shape index (κ2) is 9.56. The van der Waals surface area contributed by atoms with E-state index in [1.54, 1.807) is 12.1 Å². The topological polar surface area (TPSA) is 86.8 Å². The first-order chi connectivity index (χ1) is 14.6. The van der Waals surface area contributed by atoms with Crippen LogP contribution in [-0.2, 0) is 14.8 Å². The van der Waals surface area contributed by atoms with Gasteiger partial charge in [0, 0.05) is 31.7 Å². The van der Waals surface area contributed by atoms with E-state index in [-0.39, 0.29) is 59.5 Å². The van der Waals surface area contributed by atoms with Gasteiger partial charge in [0.2, 0.25) is 15.9 Å². The zero-order valence-corrected chi connectivity index (χ0v) is 19.5. The normalized spacial score (nSPS) is 15.0. The number of halogens is 2. The highest BCUT2D eigenvalue weighted by molar-refractivity contribution is 7.89. The van der Waals surface area contributed by atoms with Gasteiger partial charge in [0.05, 0.1) is 16.6 Å². The monoisotopic (exact) mass is 483 g/mol. The first kappa shape index (κ1) is 23.5. The van der Waals surface area contributed by atoms with Gasteiger partial charge in [-0.05, 0) is 49.2 Å². The molecule has 2 aromatic rings. The van der Waals surface area contributed by atoms with Crippen LogP contribution in [0.15, 0.2) is 41.3 Å². The maximum absolute atomic E-state index is 12.9. The molecule has 0 atom stereocenters. The van der Waals surface area contributed by atoms with Crippen LogP contribution < -0.4 is 5.32 Å². The molecule has 0 saturated carbocycles. The molecular formula is C21H23Cl2N3O4S. The van der Waals surface area contributed by atoms with Crippen molar-refractivity contribution < 1.29 is 18.0 Å². The molecule has 1 saturated heterocycles. The van der Waals surface area contributed by atoms with E-state index in [4.69, 9.17) is 23.2 Å². The van der Waals surface area contributed by atoms with Gasteiger partial charge in [-0.3, -0.25) is 9.59 Å². The minimum Gasteiger partial charge on any atom is -0.343 e. The summed E-state index contributed by atoms with van der Waals surface area (Å²) >= 11 is 12.0. The average molecular weight is 484 g/mol. The number of piperazine rings is 1. The first-order valence-corrected chi connectivity index (χ1v) is 11.9. The number of sulfonamides is 1. The van der Waals surface area contributed by atoms with Crippen molar-refractivity contribution in [2.75, 3.05) is 32.7 Å². The number of nitrogens with one attached hydrogen (secondary N) is 1. The second-order valence-electron chi connectivity index (χ2n) is 7.32. The van der Waals surface area contributed by atoms with Crippen molar-refractivity contribution in [2.24, 2.45) is 0 Å². The van der Waals surface area contributed by atoms with Gasteiger partial charge in [0.1, 0.15) is 4.90 Å². The first-order valence-electron chi connectivity index (χ1n) is 9.68. The van der Waals surface area contributed by atoms with Crippen LogP contribution in [-0.4, -0.2) is 62.2 Å². The number of hydrogen-bond acceptors (Lipinski definition) is 4. The van der Waals surface area contributed by atoms with Crippen molar-refractivity contribution in [3.63, 3.8) is 0 Å². The van der Waals surface area contributed by atoms with E-state index >= 15 is 0 Å².